The number of imidazole rings is 1. The summed E-state index contributed by atoms with van der Waals surface area (Å²) >= 11 is 0. The van der Waals surface area contributed by atoms with Gasteiger partial charge in [-0.3, -0.25) is 4.79 Å². The van der Waals surface area contributed by atoms with Crippen LogP contribution in [0.15, 0.2) is 59.5 Å². The lowest BCUT2D eigenvalue weighted by atomic mass is 10.0. The first-order valence-corrected chi connectivity index (χ1v) is 13.2. The zero-order valence-corrected chi connectivity index (χ0v) is 20.5. The maximum Gasteiger partial charge on any atom is 0.309 e. The van der Waals surface area contributed by atoms with Gasteiger partial charge in [-0.15, -0.1) is 0 Å². The number of halogens is 1. The van der Waals surface area contributed by atoms with Crippen LogP contribution in [-0.2, 0) is 19.4 Å². The van der Waals surface area contributed by atoms with Crippen molar-refractivity contribution < 1.29 is 27.4 Å². The monoisotopic (exact) mass is 498 g/mol. The molecule has 2 aromatic carbocycles. The van der Waals surface area contributed by atoms with Gasteiger partial charge in [0.1, 0.15) is 17.7 Å². The van der Waals surface area contributed by atoms with Gasteiger partial charge in [-0.25, -0.2) is 17.8 Å². The van der Waals surface area contributed by atoms with Gasteiger partial charge < -0.3 is 14.4 Å². The number of aliphatic hydroxyl groups excluding tert-OH is 1. The van der Waals surface area contributed by atoms with Crippen molar-refractivity contribution in [2.75, 3.05) is 6.26 Å². The van der Waals surface area contributed by atoms with Crippen LogP contribution in [0.3, 0.4) is 0 Å². The van der Waals surface area contributed by atoms with Crippen LogP contribution in [0.5, 0.6) is 0 Å². The zero-order valence-electron chi connectivity index (χ0n) is 19.7. The third-order valence-electron chi connectivity index (χ3n) is 5.75. The van der Waals surface area contributed by atoms with Crippen LogP contribution in [0.25, 0.3) is 28.7 Å². The average molecular weight is 499 g/mol. The Kier molecular flexibility index (Phi) is 6.91. The predicted octanol–water partition coefficient (Wildman–Crippen LogP) is 4.42. The molecule has 4 rings (SSSR count). The Bertz CT molecular complexity index is 1380. The Labute approximate surface area is 203 Å². The van der Waals surface area contributed by atoms with Gasteiger partial charge in [-0.1, -0.05) is 32.0 Å². The van der Waals surface area contributed by atoms with E-state index in [1.165, 1.54) is 18.2 Å². The van der Waals surface area contributed by atoms with Gasteiger partial charge in [0.2, 0.25) is 0 Å². The quantitative estimate of drug-likeness (QED) is 0.505. The second kappa shape index (κ2) is 9.75. The van der Waals surface area contributed by atoms with E-state index in [4.69, 9.17) is 9.72 Å². The number of cyclic esters (lactones) is 1. The number of hydrogen-bond donors (Lipinski definition) is 1. The number of aromatic nitrogens is 2. The molecule has 1 aliphatic rings. The van der Waals surface area contributed by atoms with E-state index in [1.54, 1.807) is 47.2 Å². The molecular formula is C26H27FN2O5S. The molecule has 35 heavy (non-hydrogen) atoms. The summed E-state index contributed by atoms with van der Waals surface area (Å²) in [4.78, 5) is 16.8. The highest BCUT2D eigenvalue weighted by molar-refractivity contribution is 7.90. The molecule has 0 radical (unpaired) electrons. The predicted molar refractivity (Wildman–Crippen MR) is 131 cm³/mol. The molecule has 3 aromatic rings. The lowest BCUT2D eigenvalue weighted by molar-refractivity contribution is -0.156. The standard InChI is InChI=1S/C26H27FN2O5S/c1-16(2)26-28-24(21-6-4-5-7-22(21)35(3,32)33)25(17-8-10-18(27)11-9-17)29(26)13-12-20-14-19(30)15-23(31)34-20/h4-13,16,19-20,30H,14-15H2,1-3H3. The van der Waals surface area contributed by atoms with E-state index in [0.29, 0.717) is 28.3 Å². The summed E-state index contributed by atoms with van der Waals surface area (Å²) in [6.07, 6.45) is 3.35. The molecule has 0 spiro atoms. The normalized spacial score (nSPS) is 18.9. The Morgan fingerprint density at radius 3 is 2.49 bits per heavy atom. The number of rotatable bonds is 6. The fraction of sp³-hybridized carbons (Fsp3) is 0.308. The molecule has 0 bridgehead atoms. The molecule has 0 aliphatic carbocycles. The van der Waals surface area contributed by atoms with E-state index in [2.05, 4.69) is 0 Å². The Hall–Kier alpha value is -3.30. The maximum atomic E-state index is 13.8. The minimum Gasteiger partial charge on any atom is -0.458 e. The van der Waals surface area contributed by atoms with Crippen LogP contribution in [0, 0.1) is 5.82 Å². The van der Waals surface area contributed by atoms with Gasteiger partial charge in [0.15, 0.2) is 9.84 Å². The van der Waals surface area contributed by atoms with Crippen LogP contribution >= 0.6 is 0 Å². The first-order chi connectivity index (χ1) is 16.5. The molecule has 1 N–H and O–H groups in total. The van der Waals surface area contributed by atoms with Gasteiger partial charge in [-0.05, 0) is 36.4 Å². The lowest BCUT2D eigenvalue weighted by Crippen LogP contribution is -2.31. The van der Waals surface area contributed by atoms with Crippen molar-refractivity contribution in [1.82, 2.24) is 9.55 Å². The van der Waals surface area contributed by atoms with Crippen molar-refractivity contribution in [1.29, 1.82) is 0 Å². The number of ether oxygens (including phenoxy) is 1. The van der Waals surface area contributed by atoms with E-state index in [-0.39, 0.29) is 23.7 Å². The number of aliphatic hydroxyl groups is 1. The van der Waals surface area contributed by atoms with Crippen LogP contribution < -0.4 is 0 Å². The van der Waals surface area contributed by atoms with Gasteiger partial charge >= 0.3 is 5.97 Å². The molecule has 1 saturated heterocycles. The van der Waals surface area contributed by atoms with Crippen molar-refractivity contribution in [3.63, 3.8) is 0 Å². The molecule has 2 atom stereocenters. The fourth-order valence-corrected chi connectivity index (χ4v) is 5.06. The van der Waals surface area contributed by atoms with E-state index in [9.17, 15) is 22.7 Å². The molecule has 2 unspecified atom stereocenters. The third-order valence-corrected chi connectivity index (χ3v) is 6.91. The number of esters is 1. The highest BCUT2D eigenvalue weighted by Gasteiger charge is 2.27. The van der Waals surface area contributed by atoms with Gasteiger partial charge in [0, 0.05) is 35.9 Å². The van der Waals surface area contributed by atoms with Crippen molar-refractivity contribution in [2.45, 2.75) is 49.7 Å². The highest BCUT2D eigenvalue weighted by Crippen LogP contribution is 2.38. The van der Waals surface area contributed by atoms with Crippen molar-refractivity contribution in [3.8, 4) is 22.5 Å². The topological polar surface area (TPSA) is 98.5 Å². The minimum atomic E-state index is -3.57. The van der Waals surface area contributed by atoms with Crippen LogP contribution in [0.2, 0.25) is 0 Å². The first kappa shape index (κ1) is 24.8. The van der Waals surface area contributed by atoms with Crippen molar-refractivity contribution in [2.24, 2.45) is 0 Å². The van der Waals surface area contributed by atoms with Crippen molar-refractivity contribution >= 4 is 22.0 Å². The second-order valence-corrected chi connectivity index (χ2v) is 10.9. The Morgan fingerprint density at radius 2 is 1.86 bits per heavy atom. The number of benzene rings is 2. The number of carbonyl (C=O) groups is 1. The van der Waals surface area contributed by atoms with Crippen LogP contribution in [0.1, 0.15) is 38.4 Å². The molecule has 1 aliphatic heterocycles. The average Bonchev–Trinajstić information content (AvgIpc) is 3.17. The number of sulfone groups is 1. The zero-order chi connectivity index (χ0) is 25.3. The van der Waals surface area contributed by atoms with Gasteiger partial charge in [0.05, 0.1) is 28.8 Å². The summed E-state index contributed by atoms with van der Waals surface area (Å²) < 4.78 is 46.0. The van der Waals surface area contributed by atoms with Crippen molar-refractivity contribution in [3.05, 3.63) is 66.2 Å². The van der Waals surface area contributed by atoms with Crippen LogP contribution in [0.4, 0.5) is 4.39 Å². The molecule has 2 heterocycles. The molecular weight excluding hydrogens is 471 g/mol. The Balaban J connectivity index is 1.96. The highest BCUT2D eigenvalue weighted by atomic mass is 32.2. The molecule has 1 aromatic heterocycles. The van der Waals surface area contributed by atoms with E-state index < -0.39 is 33.8 Å². The maximum absolute atomic E-state index is 13.8. The summed E-state index contributed by atoms with van der Waals surface area (Å²) in [5.74, 6) is -0.297. The van der Waals surface area contributed by atoms with Crippen LogP contribution in [-0.4, -0.2) is 47.5 Å². The smallest absolute Gasteiger partial charge is 0.309 e. The molecule has 0 saturated carbocycles. The summed E-state index contributed by atoms with van der Waals surface area (Å²) in [5.41, 5.74) is 2.08. The SMILES string of the molecule is CC(C)c1nc(-c2ccccc2S(C)(=O)=O)c(-c2ccc(F)cc2)n1C=CC1CC(O)CC(=O)O1. The minimum absolute atomic E-state index is 0.0418. The summed E-state index contributed by atoms with van der Waals surface area (Å²) in [5, 5.41) is 9.96. The molecule has 9 heteroatoms. The van der Waals surface area contributed by atoms with Gasteiger partial charge in [0.25, 0.3) is 0 Å². The molecule has 184 valence electrons. The van der Waals surface area contributed by atoms with E-state index in [0.717, 1.165) is 6.26 Å². The molecule has 0 amide bonds. The fourth-order valence-electron chi connectivity index (χ4n) is 4.17. The number of nitrogens with zero attached hydrogens (tertiary/aromatic N) is 2. The molecule has 1 fully saturated rings. The summed E-state index contributed by atoms with van der Waals surface area (Å²) in [7, 11) is -3.57. The number of hydrogen-bond acceptors (Lipinski definition) is 6. The van der Waals surface area contributed by atoms with E-state index >= 15 is 0 Å². The molecule has 7 nitrogen and oxygen atoms in total. The van der Waals surface area contributed by atoms with Gasteiger partial charge in [-0.2, -0.15) is 0 Å². The van der Waals surface area contributed by atoms with E-state index in [1.807, 2.05) is 13.8 Å². The third kappa shape index (κ3) is 5.36. The second-order valence-electron chi connectivity index (χ2n) is 8.93. The first-order valence-electron chi connectivity index (χ1n) is 11.3. The lowest BCUT2D eigenvalue weighted by Gasteiger charge is -2.23. The summed E-state index contributed by atoms with van der Waals surface area (Å²) in [6.45, 7) is 3.91. The number of carbonyl (C=O) groups excluding carboxylic acids is 1. The Morgan fingerprint density at radius 1 is 1.17 bits per heavy atom. The summed E-state index contributed by atoms with van der Waals surface area (Å²) in [6, 6.07) is 12.5. The largest absolute Gasteiger partial charge is 0.458 e.